The minimum atomic E-state index is -0.278. The summed E-state index contributed by atoms with van der Waals surface area (Å²) in [6.45, 7) is 5.99. The number of aliphatic hydroxyl groups excluding tert-OH is 1. The summed E-state index contributed by atoms with van der Waals surface area (Å²) in [6, 6.07) is 1.84. The van der Waals surface area contributed by atoms with Gasteiger partial charge in [-0.2, -0.15) is 0 Å². The molecular formula is C16H24N2O3. The van der Waals surface area contributed by atoms with Crippen LogP contribution in [0.5, 0.6) is 0 Å². The Morgan fingerprint density at radius 1 is 1.52 bits per heavy atom. The summed E-state index contributed by atoms with van der Waals surface area (Å²) >= 11 is 0. The van der Waals surface area contributed by atoms with Crippen LogP contribution in [-0.2, 0) is 4.74 Å². The van der Waals surface area contributed by atoms with Crippen molar-refractivity contribution in [1.82, 2.24) is 9.88 Å². The maximum absolute atomic E-state index is 12.5. The first-order valence-electron chi connectivity index (χ1n) is 7.81. The first kappa shape index (κ1) is 14.6. The molecule has 2 N–H and O–H groups in total. The number of nitrogens with zero attached hydrogens (tertiary/aromatic N) is 1. The second-order valence-corrected chi connectivity index (χ2v) is 6.24. The van der Waals surface area contributed by atoms with Gasteiger partial charge in [0.15, 0.2) is 0 Å². The molecule has 0 bridgehead atoms. The van der Waals surface area contributed by atoms with Gasteiger partial charge in [-0.15, -0.1) is 0 Å². The number of hydrogen-bond donors (Lipinski definition) is 2. The first-order chi connectivity index (χ1) is 10.1. The van der Waals surface area contributed by atoms with Crippen molar-refractivity contribution < 1.29 is 14.6 Å². The van der Waals surface area contributed by atoms with Crippen molar-refractivity contribution in [3.63, 3.8) is 0 Å². The average molecular weight is 292 g/mol. The van der Waals surface area contributed by atoms with E-state index in [2.05, 4.69) is 4.98 Å². The van der Waals surface area contributed by atoms with Crippen molar-refractivity contribution >= 4 is 5.91 Å². The minimum Gasteiger partial charge on any atom is -0.392 e. The van der Waals surface area contributed by atoms with Gasteiger partial charge in [0, 0.05) is 43.4 Å². The summed E-state index contributed by atoms with van der Waals surface area (Å²) in [5.74, 6) is 0.0883. The number of hydrogen-bond acceptors (Lipinski definition) is 3. The molecule has 1 aliphatic heterocycles. The third-order valence-electron chi connectivity index (χ3n) is 5.28. The first-order valence-corrected chi connectivity index (χ1v) is 7.81. The number of aryl methyl sites for hydroxylation is 1. The van der Waals surface area contributed by atoms with E-state index >= 15 is 0 Å². The van der Waals surface area contributed by atoms with Gasteiger partial charge in [0.2, 0.25) is 0 Å². The largest absolute Gasteiger partial charge is 0.392 e. The van der Waals surface area contributed by atoms with Gasteiger partial charge in [-0.1, -0.05) is 0 Å². The summed E-state index contributed by atoms with van der Waals surface area (Å²) in [6.07, 6.45) is 4.07. The number of carbonyl (C=O) groups excluding carboxylic acids is 1. The van der Waals surface area contributed by atoms with Crippen LogP contribution < -0.4 is 0 Å². The van der Waals surface area contributed by atoms with E-state index in [-0.39, 0.29) is 23.5 Å². The van der Waals surface area contributed by atoms with Gasteiger partial charge in [-0.3, -0.25) is 4.79 Å². The van der Waals surface area contributed by atoms with E-state index in [1.54, 1.807) is 6.20 Å². The molecular weight excluding hydrogens is 268 g/mol. The predicted octanol–water partition coefficient (Wildman–Crippen LogP) is 1.72. The quantitative estimate of drug-likeness (QED) is 0.891. The number of rotatable bonds is 3. The zero-order valence-corrected chi connectivity index (χ0v) is 12.8. The number of H-pyrrole nitrogens is 1. The van der Waals surface area contributed by atoms with Crippen LogP contribution >= 0.6 is 0 Å². The Morgan fingerprint density at radius 2 is 2.24 bits per heavy atom. The highest BCUT2D eigenvalue weighted by atomic mass is 16.5. The summed E-state index contributed by atoms with van der Waals surface area (Å²) in [5, 5.41) is 10.2. The third kappa shape index (κ3) is 2.28. The molecule has 1 saturated heterocycles. The zero-order chi connectivity index (χ0) is 15.0. The number of ether oxygens (including phenoxy) is 1. The highest BCUT2D eigenvalue weighted by Gasteiger charge is 2.56. The summed E-state index contributed by atoms with van der Waals surface area (Å²) in [4.78, 5) is 17.4. The molecule has 1 amide bonds. The van der Waals surface area contributed by atoms with Crippen LogP contribution in [0.15, 0.2) is 12.3 Å². The van der Waals surface area contributed by atoms with Gasteiger partial charge in [0.25, 0.3) is 5.91 Å². The second kappa shape index (κ2) is 5.46. The number of aliphatic hydroxyl groups is 1. The monoisotopic (exact) mass is 292 g/mol. The summed E-state index contributed by atoms with van der Waals surface area (Å²) in [5.41, 5.74) is 1.54. The number of aromatic nitrogens is 1. The van der Waals surface area contributed by atoms with Crippen LogP contribution in [0.3, 0.4) is 0 Å². The van der Waals surface area contributed by atoms with E-state index in [4.69, 9.17) is 4.74 Å². The van der Waals surface area contributed by atoms with Gasteiger partial charge in [-0.05, 0) is 32.8 Å². The fourth-order valence-corrected chi connectivity index (χ4v) is 3.80. The van der Waals surface area contributed by atoms with Crippen molar-refractivity contribution in [1.29, 1.82) is 0 Å². The van der Waals surface area contributed by atoms with Crippen LogP contribution in [0, 0.1) is 12.3 Å². The average Bonchev–Trinajstić information content (AvgIpc) is 2.92. The number of aromatic amines is 1. The molecule has 1 aromatic rings. The van der Waals surface area contributed by atoms with Gasteiger partial charge in [0.05, 0.1) is 17.8 Å². The molecule has 0 aromatic carbocycles. The number of piperidine rings is 1. The van der Waals surface area contributed by atoms with Gasteiger partial charge in [0.1, 0.15) is 0 Å². The lowest BCUT2D eigenvalue weighted by molar-refractivity contribution is -0.207. The van der Waals surface area contributed by atoms with Crippen molar-refractivity contribution in [2.75, 3.05) is 19.7 Å². The Bertz CT molecular complexity index is 515. The standard InChI is InChI=1S/C16H24N2O3/c1-3-21-14-10-13(19)16(14)5-8-18(9-6-16)15(20)12-4-7-17-11(12)2/h4,7,13-14,17,19H,3,5-6,8-10H2,1-2H3/t13-,14-/m0/s1. The topological polar surface area (TPSA) is 65.6 Å². The van der Waals surface area contributed by atoms with Crippen LogP contribution in [0.4, 0.5) is 0 Å². The molecule has 1 aromatic heterocycles. The van der Waals surface area contributed by atoms with Gasteiger partial charge < -0.3 is 19.7 Å². The van der Waals surface area contributed by atoms with Crippen LogP contribution in [-0.4, -0.2) is 52.8 Å². The van der Waals surface area contributed by atoms with E-state index in [9.17, 15) is 9.90 Å². The van der Waals surface area contributed by atoms with E-state index in [1.165, 1.54) is 0 Å². The van der Waals surface area contributed by atoms with Crippen molar-refractivity contribution in [2.24, 2.45) is 5.41 Å². The van der Waals surface area contributed by atoms with E-state index in [1.807, 2.05) is 24.8 Å². The van der Waals surface area contributed by atoms with Crippen molar-refractivity contribution in [3.8, 4) is 0 Å². The maximum Gasteiger partial charge on any atom is 0.255 e. The molecule has 1 spiro atoms. The molecule has 0 radical (unpaired) electrons. The fourth-order valence-electron chi connectivity index (χ4n) is 3.80. The van der Waals surface area contributed by atoms with Crippen LogP contribution in [0.2, 0.25) is 0 Å². The number of likely N-dealkylation sites (tertiary alicyclic amines) is 1. The van der Waals surface area contributed by atoms with Crippen LogP contribution in [0.1, 0.15) is 42.2 Å². The predicted molar refractivity (Wildman–Crippen MR) is 79.1 cm³/mol. The molecule has 1 saturated carbocycles. The van der Waals surface area contributed by atoms with E-state index in [0.717, 1.165) is 30.5 Å². The lowest BCUT2D eigenvalue weighted by atomic mass is 9.58. The summed E-state index contributed by atoms with van der Waals surface area (Å²) < 4.78 is 5.76. The molecule has 2 fully saturated rings. The second-order valence-electron chi connectivity index (χ2n) is 6.24. The normalized spacial score (nSPS) is 27.7. The summed E-state index contributed by atoms with van der Waals surface area (Å²) in [7, 11) is 0. The number of nitrogens with one attached hydrogen (secondary N) is 1. The number of amides is 1. The molecule has 0 unspecified atom stereocenters. The molecule has 1 aliphatic carbocycles. The van der Waals surface area contributed by atoms with E-state index < -0.39 is 0 Å². The van der Waals surface area contributed by atoms with Crippen LogP contribution in [0.25, 0.3) is 0 Å². The molecule has 2 heterocycles. The molecule has 5 nitrogen and oxygen atoms in total. The lowest BCUT2D eigenvalue weighted by Gasteiger charge is -2.56. The lowest BCUT2D eigenvalue weighted by Crippen LogP contribution is -2.62. The Balaban J connectivity index is 1.65. The SMILES string of the molecule is CCO[C@H]1C[C@H](O)C12CCN(C(=O)c1cc[nH]c1C)CC2. The Kier molecular flexibility index (Phi) is 3.80. The molecule has 3 rings (SSSR count). The van der Waals surface area contributed by atoms with Gasteiger partial charge in [-0.25, -0.2) is 0 Å². The fraction of sp³-hybridized carbons (Fsp3) is 0.688. The Morgan fingerprint density at radius 3 is 2.76 bits per heavy atom. The molecule has 21 heavy (non-hydrogen) atoms. The van der Waals surface area contributed by atoms with Crippen molar-refractivity contribution in [2.45, 2.75) is 45.3 Å². The Labute approximate surface area is 125 Å². The Hall–Kier alpha value is -1.33. The maximum atomic E-state index is 12.5. The minimum absolute atomic E-state index is 0.0883. The highest BCUT2D eigenvalue weighted by Crippen LogP contribution is 2.51. The molecule has 116 valence electrons. The highest BCUT2D eigenvalue weighted by molar-refractivity contribution is 5.95. The number of carbonyl (C=O) groups is 1. The molecule has 5 heteroatoms. The van der Waals surface area contributed by atoms with Gasteiger partial charge >= 0.3 is 0 Å². The molecule has 2 atom stereocenters. The smallest absolute Gasteiger partial charge is 0.255 e. The third-order valence-corrected chi connectivity index (χ3v) is 5.28. The van der Waals surface area contributed by atoms with E-state index in [0.29, 0.717) is 19.7 Å². The molecule has 2 aliphatic rings. The zero-order valence-electron chi connectivity index (χ0n) is 12.8. The van der Waals surface area contributed by atoms with Crippen molar-refractivity contribution in [3.05, 3.63) is 23.5 Å².